The largest absolute Gasteiger partial charge is 0.444 e. The molecule has 9 heteroatoms. The van der Waals surface area contributed by atoms with E-state index >= 15 is 0 Å². The van der Waals surface area contributed by atoms with Gasteiger partial charge in [-0.2, -0.15) is 0 Å². The standard InChI is InChI=1S/C16H29N3O6/c1-11(24-15(22)19-9-5-6-12(17)10-19)23-13(20)7-8-18-14(21)25-16(2,3)4/h11-12H,5-10,17H2,1-4H3,(H,18,21). The van der Waals surface area contributed by atoms with Crippen LogP contribution in [0.25, 0.3) is 0 Å². The van der Waals surface area contributed by atoms with E-state index in [-0.39, 0.29) is 19.0 Å². The number of hydrogen-bond acceptors (Lipinski definition) is 7. The van der Waals surface area contributed by atoms with Crippen LogP contribution in [0.3, 0.4) is 0 Å². The Kier molecular flexibility index (Phi) is 7.95. The summed E-state index contributed by atoms with van der Waals surface area (Å²) in [6.45, 7) is 7.76. The lowest BCUT2D eigenvalue weighted by Gasteiger charge is -2.30. The van der Waals surface area contributed by atoms with Crippen LogP contribution in [0.4, 0.5) is 9.59 Å². The first-order valence-electron chi connectivity index (χ1n) is 8.44. The summed E-state index contributed by atoms with van der Waals surface area (Å²) in [5.74, 6) is -0.591. The first kappa shape index (κ1) is 21.0. The average molecular weight is 359 g/mol. The van der Waals surface area contributed by atoms with Crippen LogP contribution < -0.4 is 11.1 Å². The van der Waals surface area contributed by atoms with Gasteiger partial charge in [-0.3, -0.25) is 4.79 Å². The van der Waals surface area contributed by atoms with E-state index in [1.165, 1.54) is 11.8 Å². The molecule has 25 heavy (non-hydrogen) atoms. The molecule has 1 saturated heterocycles. The molecular formula is C16H29N3O6. The fourth-order valence-electron chi connectivity index (χ4n) is 2.24. The number of carbonyl (C=O) groups is 3. The number of nitrogens with two attached hydrogens (primary N) is 1. The highest BCUT2D eigenvalue weighted by Gasteiger charge is 2.24. The second-order valence-corrected chi connectivity index (χ2v) is 6.97. The first-order chi connectivity index (χ1) is 11.6. The smallest absolute Gasteiger partial charge is 0.412 e. The number of rotatable bonds is 5. The second kappa shape index (κ2) is 9.45. The van der Waals surface area contributed by atoms with Crippen molar-refractivity contribution in [1.29, 1.82) is 0 Å². The number of esters is 1. The fraction of sp³-hybridized carbons (Fsp3) is 0.812. The number of hydrogen-bond donors (Lipinski definition) is 2. The van der Waals surface area contributed by atoms with Crippen LogP contribution >= 0.6 is 0 Å². The minimum Gasteiger partial charge on any atom is -0.444 e. The molecule has 9 nitrogen and oxygen atoms in total. The predicted octanol–water partition coefficient (Wildman–Crippen LogP) is 1.35. The summed E-state index contributed by atoms with van der Waals surface area (Å²) in [5, 5.41) is 2.45. The molecule has 144 valence electrons. The third kappa shape index (κ3) is 9.13. The van der Waals surface area contributed by atoms with E-state index < -0.39 is 30.0 Å². The Bertz CT molecular complexity index is 477. The molecule has 2 amide bonds. The minimum absolute atomic E-state index is 0.0573. The van der Waals surface area contributed by atoms with E-state index in [9.17, 15) is 14.4 Å². The zero-order chi connectivity index (χ0) is 19.0. The van der Waals surface area contributed by atoms with Gasteiger partial charge >= 0.3 is 18.2 Å². The summed E-state index contributed by atoms with van der Waals surface area (Å²) in [6.07, 6.45) is -0.543. The highest BCUT2D eigenvalue weighted by Crippen LogP contribution is 2.11. The van der Waals surface area contributed by atoms with Crippen LogP contribution in [0.2, 0.25) is 0 Å². The van der Waals surface area contributed by atoms with Crippen molar-refractivity contribution < 1.29 is 28.6 Å². The van der Waals surface area contributed by atoms with Crippen molar-refractivity contribution in [3.05, 3.63) is 0 Å². The third-order valence-corrected chi connectivity index (χ3v) is 3.28. The van der Waals surface area contributed by atoms with Crippen LogP contribution in [0.5, 0.6) is 0 Å². The topological polar surface area (TPSA) is 120 Å². The van der Waals surface area contributed by atoms with Gasteiger partial charge in [0.15, 0.2) is 0 Å². The molecule has 0 aromatic rings. The SMILES string of the molecule is CC(OC(=O)CCNC(=O)OC(C)(C)C)OC(=O)N1CCCC(N)C1. The number of alkyl carbamates (subject to hydrolysis) is 1. The number of piperidine rings is 1. The lowest BCUT2D eigenvalue weighted by atomic mass is 10.1. The highest BCUT2D eigenvalue weighted by atomic mass is 16.7. The summed E-state index contributed by atoms with van der Waals surface area (Å²) < 4.78 is 15.1. The van der Waals surface area contributed by atoms with Gasteiger partial charge in [0.25, 0.3) is 0 Å². The van der Waals surface area contributed by atoms with Gasteiger partial charge < -0.3 is 30.2 Å². The van der Waals surface area contributed by atoms with Gasteiger partial charge in [-0.25, -0.2) is 9.59 Å². The van der Waals surface area contributed by atoms with E-state index in [0.717, 1.165) is 12.8 Å². The van der Waals surface area contributed by atoms with E-state index in [1.807, 2.05) is 0 Å². The number of carbonyl (C=O) groups excluding carboxylic acids is 3. The molecule has 2 unspecified atom stereocenters. The number of nitrogens with zero attached hydrogens (tertiary/aromatic N) is 1. The molecule has 0 bridgehead atoms. The summed E-state index contributed by atoms with van der Waals surface area (Å²) in [6, 6.07) is -0.0573. The lowest BCUT2D eigenvalue weighted by Crippen LogP contribution is -2.46. The van der Waals surface area contributed by atoms with Crippen LogP contribution in [-0.4, -0.2) is 60.6 Å². The lowest BCUT2D eigenvalue weighted by molar-refractivity contribution is -0.166. The molecule has 0 saturated carbocycles. The van der Waals surface area contributed by atoms with Crippen LogP contribution in [-0.2, 0) is 19.0 Å². The Balaban J connectivity index is 2.23. The summed E-state index contributed by atoms with van der Waals surface area (Å²) in [7, 11) is 0. The minimum atomic E-state index is -1.01. The van der Waals surface area contributed by atoms with Gasteiger partial charge in [-0.1, -0.05) is 0 Å². The van der Waals surface area contributed by atoms with Gasteiger partial charge in [-0.15, -0.1) is 0 Å². The Labute approximate surface area is 148 Å². The second-order valence-electron chi connectivity index (χ2n) is 6.97. The molecule has 3 N–H and O–H groups in total. The molecule has 1 rings (SSSR count). The molecule has 0 aromatic heterocycles. The summed E-state index contributed by atoms with van der Waals surface area (Å²) in [4.78, 5) is 36.6. The average Bonchev–Trinajstić information content (AvgIpc) is 2.44. The van der Waals surface area contributed by atoms with Crippen LogP contribution in [0.1, 0.15) is 47.0 Å². The number of nitrogens with one attached hydrogen (secondary N) is 1. The van der Waals surface area contributed by atoms with Gasteiger partial charge in [0.2, 0.25) is 6.29 Å². The van der Waals surface area contributed by atoms with Crippen molar-refractivity contribution in [3.8, 4) is 0 Å². The molecule has 1 aliphatic rings. The monoisotopic (exact) mass is 359 g/mol. The van der Waals surface area contributed by atoms with Crippen molar-refractivity contribution >= 4 is 18.2 Å². The summed E-state index contributed by atoms with van der Waals surface area (Å²) in [5.41, 5.74) is 5.21. The Morgan fingerprint density at radius 2 is 1.96 bits per heavy atom. The summed E-state index contributed by atoms with van der Waals surface area (Å²) >= 11 is 0. The van der Waals surface area contributed by atoms with E-state index in [0.29, 0.717) is 13.1 Å². The Morgan fingerprint density at radius 1 is 1.28 bits per heavy atom. The Hall–Kier alpha value is -2.03. The van der Waals surface area contributed by atoms with Crippen molar-refractivity contribution in [2.45, 2.75) is 64.9 Å². The normalized spacial score (nSPS) is 18.9. The van der Waals surface area contributed by atoms with Gasteiger partial charge in [0.1, 0.15) is 5.60 Å². The fourth-order valence-corrected chi connectivity index (χ4v) is 2.24. The van der Waals surface area contributed by atoms with E-state index in [1.54, 1.807) is 20.8 Å². The molecular weight excluding hydrogens is 330 g/mol. The maximum Gasteiger partial charge on any atom is 0.412 e. The number of amides is 2. The van der Waals surface area contributed by atoms with Gasteiger partial charge in [0.05, 0.1) is 6.42 Å². The van der Waals surface area contributed by atoms with Crippen molar-refractivity contribution in [3.63, 3.8) is 0 Å². The zero-order valence-electron chi connectivity index (χ0n) is 15.4. The maximum absolute atomic E-state index is 12.0. The number of likely N-dealkylation sites (tertiary alicyclic amines) is 1. The molecule has 1 heterocycles. The quantitative estimate of drug-likeness (QED) is 0.561. The predicted molar refractivity (Wildman–Crippen MR) is 89.7 cm³/mol. The Morgan fingerprint density at radius 3 is 2.56 bits per heavy atom. The van der Waals surface area contributed by atoms with Crippen LogP contribution in [0.15, 0.2) is 0 Å². The third-order valence-electron chi connectivity index (χ3n) is 3.28. The molecule has 0 aromatic carbocycles. The molecule has 0 spiro atoms. The highest BCUT2D eigenvalue weighted by molar-refractivity contribution is 5.72. The molecule has 2 atom stereocenters. The number of ether oxygens (including phenoxy) is 3. The van der Waals surface area contributed by atoms with E-state index in [2.05, 4.69) is 5.32 Å². The zero-order valence-corrected chi connectivity index (χ0v) is 15.4. The molecule has 1 aliphatic heterocycles. The molecule has 0 aliphatic carbocycles. The molecule has 0 radical (unpaired) electrons. The van der Waals surface area contributed by atoms with E-state index in [4.69, 9.17) is 19.9 Å². The van der Waals surface area contributed by atoms with Gasteiger partial charge in [-0.05, 0) is 33.6 Å². The first-order valence-corrected chi connectivity index (χ1v) is 8.44. The molecule has 1 fully saturated rings. The van der Waals surface area contributed by atoms with Crippen molar-refractivity contribution in [1.82, 2.24) is 10.2 Å². The van der Waals surface area contributed by atoms with Crippen molar-refractivity contribution in [2.24, 2.45) is 5.73 Å². The van der Waals surface area contributed by atoms with Gasteiger partial charge in [0, 0.05) is 32.6 Å². The maximum atomic E-state index is 12.0. The van der Waals surface area contributed by atoms with Crippen molar-refractivity contribution in [2.75, 3.05) is 19.6 Å². The van der Waals surface area contributed by atoms with Crippen LogP contribution in [0, 0.1) is 0 Å².